The molecule has 120 valence electrons. The fourth-order valence-corrected chi connectivity index (χ4v) is 3.96. The predicted molar refractivity (Wildman–Crippen MR) is 96.1 cm³/mol. The smallest absolute Gasteiger partial charge is 0.377 e. The van der Waals surface area contributed by atoms with Crippen LogP contribution in [0, 0.1) is 0 Å². The van der Waals surface area contributed by atoms with E-state index >= 15 is 0 Å². The van der Waals surface area contributed by atoms with Crippen LogP contribution in [0.2, 0.25) is 6.82 Å². The summed E-state index contributed by atoms with van der Waals surface area (Å²) >= 11 is 0. The second kappa shape index (κ2) is 7.30. The molecule has 0 radical (unpaired) electrons. The van der Waals surface area contributed by atoms with E-state index in [1.807, 2.05) is 12.9 Å². The van der Waals surface area contributed by atoms with Gasteiger partial charge in [-0.1, -0.05) is 60.7 Å². The van der Waals surface area contributed by atoms with Crippen LogP contribution in [-0.2, 0) is 0 Å². The molecule has 4 heteroatoms. The van der Waals surface area contributed by atoms with Crippen molar-refractivity contribution in [1.82, 2.24) is 4.81 Å². The molecule has 0 amide bonds. The van der Waals surface area contributed by atoms with Crippen LogP contribution in [0.15, 0.2) is 60.7 Å². The van der Waals surface area contributed by atoms with E-state index in [4.69, 9.17) is 5.73 Å². The largest absolute Gasteiger partial charge is 0.437 e. The van der Waals surface area contributed by atoms with Gasteiger partial charge in [-0.15, -0.1) is 0 Å². The Bertz CT molecular complexity index is 605. The number of hydrogen-bond acceptors (Lipinski definition) is 3. The standard InChI is InChI=1S/C19H25BN2O/c1-20(23)22-18(14-21)12-17(15-8-4-2-5-9-15)13-19(22)16-10-6-3-7-11-16/h2-11,17-19,23H,12-14,21H2,1H3. The van der Waals surface area contributed by atoms with Gasteiger partial charge in [-0.05, 0) is 36.7 Å². The SMILES string of the molecule is CB(O)N1C(CN)CC(c2ccccc2)CC1c1ccccc1. The lowest BCUT2D eigenvalue weighted by molar-refractivity contribution is 0.144. The van der Waals surface area contributed by atoms with Crippen molar-refractivity contribution in [2.24, 2.45) is 5.73 Å². The molecule has 3 nitrogen and oxygen atoms in total. The van der Waals surface area contributed by atoms with E-state index in [0.717, 1.165) is 12.8 Å². The van der Waals surface area contributed by atoms with Crippen LogP contribution in [0.5, 0.6) is 0 Å². The van der Waals surface area contributed by atoms with E-state index in [1.54, 1.807) is 0 Å². The summed E-state index contributed by atoms with van der Waals surface area (Å²) in [5, 5.41) is 10.3. The second-order valence-electron chi connectivity index (χ2n) is 6.47. The number of nitrogens with two attached hydrogens (primary N) is 1. The summed E-state index contributed by atoms with van der Waals surface area (Å²) in [6, 6.07) is 21.5. The predicted octanol–water partition coefficient (Wildman–Crippen LogP) is 3.04. The van der Waals surface area contributed by atoms with Crippen LogP contribution < -0.4 is 5.73 Å². The van der Waals surface area contributed by atoms with Gasteiger partial charge in [0.25, 0.3) is 0 Å². The Hall–Kier alpha value is -1.62. The Morgan fingerprint density at radius 1 is 1.00 bits per heavy atom. The molecule has 1 heterocycles. The van der Waals surface area contributed by atoms with Gasteiger partial charge >= 0.3 is 7.05 Å². The molecule has 3 N–H and O–H groups in total. The zero-order valence-corrected chi connectivity index (χ0v) is 13.7. The van der Waals surface area contributed by atoms with Gasteiger partial charge in [0, 0.05) is 18.6 Å². The Labute approximate surface area is 139 Å². The highest BCUT2D eigenvalue weighted by molar-refractivity contribution is 6.45. The number of rotatable bonds is 4. The molecule has 3 unspecified atom stereocenters. The lowest BCUT2D eigenvalue weighted by atomic mass is 9.71. The monoisotopic (exact) mass is 308 g/mol. The van der Waals surface area contributed by atoms with Gasteiger partial charge in [0.2, 0.25) is 0 Å². The maximum Gasteiger partial charge on any atom is 0.377 e. The summed E-state index contributed by atoms with van der Waals surface area (Å²) in [6.07, 6.45) is 2.00. The van der Waals surface area contributed by atoms with Crippen molar-refractivity contribution in [2.45, 2.75) is 37.7 Å². The number of nitrogens with zero attached hydrogens (tertiary/aromatic N) is 1. The minimum atomic E-state index is -0.495. The summed E-state index contributed by atoms with van der Waals surface area (Å²) < 4.78 is 0. The molecule has 1 saturated heterocycles. The first-order valence-corrected chi connectivity index (χ1v) is 8.46. The molecule has 3 rings (SSSR count). The van der Waals surface area contributed by atoms with Gasteiger partial charge in [-0.3, -0.25) is 0 Å². The maximum atomic E-state index is 10.3. The summed E-state index contributed by atoms with van der Waals surface area (Å²) in [5.41, 5.74) is 8.69. The highest BCUT2D eigenvalue weighted by atomic mass is 16.2. The topological polar surface area (TPSA) is 49.5 Å². The third-order valence-electron chi connectivity index (χ3n) is 5.00. The van der Waals surface area contributed by atoms with E-state index in [0.29, 0.717) is 12.5 Å². The minimum Gasteiger partial charge on any atom is -0.437 e. The highest BCUT2D eigenvalue weighted by Gasteiger charge is 2.39. The van der Waals surface area contributed by atoms with E-state index < -0.39 is 7.05 Å². The molecule has 0 aliphatic carbocycles. The maximum absolute atomic E-state index is 10.3. The van der Waals surface area contributed by atoms with E-state index in [2.05, 4.69) is 59.4 Å². The van der Waals surface area contributed by atoms with Gasteiger partial charge in [-0.25, -0.2) is 0 Å². The van der Waals surface area contributed by atoms with E-state index in [9.17, 15) is 5.02 Å². The van der Waals surface area contributed by atoms with Gasteiger partial charge in [-0.2, -0.15) is 0 Å². The quantitative estimate of drug-likeness (QED) is 0.854. The van der Waals surface area contributed by atoms with Crippen molar-refractivity contribution in [1.29, 1.82) is 0 Å². The Balaban J connectivity index is 1.95. The summed E-state index contributed by atoms with van der Waals surface area (Å²) in [7, 11) is -0.495. The van der Waals surface area contributed by atoms with Crippen molar-refractivity contribution >= 4 is 7.05 Å². The summed E-state index contributed by atoms with van der Waals surface area (Å²) in [6.45, 7) is 2.42. The van der Waals surface area contributed by atoms with Crippen molar-refractivity contribution in [2.75, 3.05) is 6.54 Å². The number of piperidine rings is 1. The third-order valence-corrected chi connectivity index (χ3v) is 5.00. The fraction of sp³-hybridized carbons (Fsp3) is 0.368. The molecule has 2 aromatic carbocycles. The van der Waals surface area contributed by atoms with Crippen LogP contribution in [0.25, 0.3) is 0 Å². The summed E-state index contributed by atoms with van der Waals surface area (Å²) in [4.78, 5) is 2.19. The Morgan fingerprint density at radius 3 is 2.09 bits per heavy atom. The molecule has 0 saturated carbocycles. The van der Waals surface area contributed by atoms with Crippen LogP contribution in [0.4, 0.5) is 0 Å². The summed E-state index contributed by atoms with van der Waals surface area (Å²) in [5.74, 6) is 0.477. The third kappa shape index (κ3) is 3.50. The minimum absolute atomic E-state index is 0.194. The molecule has 3 atom stereocenters. The molecule has 2 aromatic rings. The first kappa shape index (κ1) is 16.3. The molecule has 1 fully saturated rings. The molecule has 0 spiro atoms. The van der Waals surface area contributed by atoms with Gasteiger partial charge in [0.05, 0.1) is 0 Å². The number of hydrogen-bond donors (Lipinski definition) is 2. The van der Waals surface area contributed by atoms with Crippen molar-refractivity contribution in [3.05, 3.63) is 71.8 Å². The molecule has 0 aromatic heterocycles. The zero-order valence-electron chi connectivity index (χ0n) is 13.7. The van der Waals surface area contributed by atoms with Gasteiger partial charge in [0.1, 0.15) is 0 Å². The molecule has 0 bridgehead atoms. The molecular formula is C19H25BN2O. The van der Waals surface area contributed by atoms with E-state index in [1.165, 1.54) is 11.1 Å². The fourth-order valence-electron chi connectivity index (χ4n) is 3.96. The van der Waals surface area contributed by atoms with Crippen molar-refractivity contribution < 1.29 is 5.02 Å². The Kier molecular flexibility index (Phi) is 5.16. The van der Waals surface area contributed by atoms with Crippen LogP contribution in [0.1, 0.15) is 35.9 Å². The van der Waals surface area contributed by atoms with Gasteiger partial charge < -0.3 is 15.6 Å². The molecule has 1 aliphatic heterocycles. The normalized spacial score (nSPS) is 25.3. The van der Waals surface area contributed by atoms with Crippen LogP contribution >= 0.6 is 0 Å². The zero-order chi connectivity index (χ0) is 16.2. The second-order valence-corrected chi connectivity index (χ2v) is 6.47. The molecule has 23 heavy (non-hydrogen) atoms. The first-order valence-electron chi connectivity index (χ1n) is 8.46. The van der Waals surface area contributed by atoms with Crippen LogP contribution in [-0.4, -0.2) is 29.5 Å². The van der Waals surface area contributed by atoms with E-state index in [-0.39, 0.29) is 12.1 Å². The van der Waals surface area contributed by atoms with Crippen molar-refractivity contribution in [3.8, 4) is 0 Å². The Morgan fingerprint density at radius 2 is 1.57 bits per heavy atom. The van der Waals surface area contributed by atoms with Gasteiger partial charge in [0.15, 0.2) is 0 Å². The van der Waals surface area contributed by atoms with Crippen molar-refractivity contribution in [3.63, 3.8) is 0 Å². The van der Waals surface area contributed by atoms with Crippen LogP contribution in [0.3, 0.4) is 0 Å². The number of benzene rings is 2. The molecular weight excluding hydrogens is 283 g/mol. The molecule has 1 aliphatic rings. The average molecular weight is 308 g/mol. The lowest BCUT2D eigenvalue weighted by Crippen LogP contribution is -2.53. The average Bonchev–Trinajstić information content (AvgIpc) is 2.62. The lowest BCUT2D eigenvalue weighted by Gasteiger charge is -2.46. The first-order chi connectivity index (χ1) is 11.2. The highest BCUT2D eigenvalue weighted by Crippen LogP contribution is 2.42.